The van der Waals surface area contributed by atoms with E-state index in [-0.39, 0.29) is 11.9 Å². The predicted molar refractivity (Wildman–Crippen MR) is 63.6 cm³/mol. The van der Waals surface area contributed by atoms with Gasteiger partial charge in [-0.2, -0.15) is 0 Å². The van der Waals surface area contributed by atoms with Gasteiger partial charge in [0.15, 0.2) is 0 Å². The van der Waals surface area contributed by atoms with E-state index in [9.17, 15) is 14.0 Å². The Hall–Kier alpha value is -2.44. The highest BCUT2D eigenvalue weighted by Gasteiger charge is 2.13. The number of hydrogen-bond donors (Lipinski definition) is 3. The molecule has 0 unspecified atom stereocenters. The molecule has 7 heteroatoms. The van der Waals surface area contributed by atoms with Gasteiger partial charge in [-0.25, -0.2) is 9.18 Å². The summed E-state index contributed by atoms with van der Waals surface area (Å²) in [5.41, 5.74) is 0.315. The zero-order chi connectivity index (χ0) is 13.0. The molecule has 0 saturated carbocycles. The van der Waals surface area contributed by atoms with Gasteiger partial charge in [-0.05, 0) is 18.2 Å². The van der Waals surface area contributed by atoms with Crippen molar-refractivity contribution < 1.29 is 14.0 Å². The van der Waals surface area contributed by atoms with Crippen molar-refractivity contribution in [1.29, 1.82) is 0 Å². The molecule has 0 radical (unpaired) electrons. The molecule has 0 aromatic heterocycles. The van der Waals surface area contributed by atoms with Crippen LogP contribution in [-0.2, 0) is 4.79 Å². The Morgan fingerprint density at radius 1 is 1.39 bits per heavy atom. The standard InChI is InChI=1S/C11H11FN4O2/c12-7-2-1-3-8(6-7)14-11(18)16-10-13-5-4-9(17)15-10/h1-3,6H,4-5H2,(H3,13,14,15,16,17,18). The Balaban J connectivity index is 1.93. The molecule has 2 rings (SSSR count). The number of benzene rings is 1. The third-order valence-corrected chi connectivity index (χ3v) is 2.18. The van der Waals surface area contributed by atoms with Gasteiger partial charge in [-0.1, -0.05) is 6.07 Å². The smallest absolute Gasteiger partial charge is 0.308 e. The van der Waals surface area contributed by atoms with Crippen LogP contribution in [0, 0.1) is 5.82 Å². The fraction of sp³-hybridized carbons (Fsp3) is 0.182. The third-order valence-electron chi connectivity index (χ3n) is 2.18. The van der Waals surface area contributed by atoms with Gasteiger partial charge in [0, 0.05) is 12.1 Å². The van der Waals surface area contributed by atoms with E-state index < -0.39 is 11.8 Å². The number of carbonyl (C=O) groups excluding carboxylic acids is 2. The molecule has 1 aromatic rings. The van der Waals surface area contributed by atoms with Crippen molar-refractivity contribution in [1.82, 2.24) is 10.6 Å². The van der Waals surface area contributed by atoms with Gasteiger partial charge < -0.3 is 5.32 Å². The minimum absolute atomic E-state index is 0.0974. The van der Waals surface area contributed by atoms with Crippen molar-refractivity contribution >= 4 is 23.6 Å². The van der Waals surface area contributed by atoms with Gasteiger partial charge in [-0.15, -0.1) is 0 Å². The second kappa shape index (κ2) is 5.26. The van der Waals surface area contributed by atoms with Gasteiger partial charge in [0.25, 0.3) is 0 Å². The minimum Gasteiger partial charge on any atom is -0.308 e. The van der Waals surface area contributed by atoms with Crippen LogP contribution in [0.3, 0.4) is 0 Å². The summed E-state index contributed by atoms with van der Waals surface area (Å²) in [4.78, 5) is 26.5. The van der Waals surface area contributed by atoms with Crippen LogP contribution in [0.25, 0.3) is 0 Å². The Labute approximate surface area is 102 Å². The summed E-state index contributed by atoms with van der Waals surface area (Å²) >= 11 is 0. The number of urea groups is 1. The largest absolute Gasteiger partial charge is 0.326 e. The van der Waals surface area contributed by atoms with Gasteiger partial charge in [0.05, 0.1) is 6.54 Å². The second-order valence-corrected chi connectivity index (χ2v) is 3.62. The fourth-order valence-electron chi connectivity index (χ4n) is 1.41. The first-order valence-electron chi connectivity index (χ1n) is 5.31. The number of aliphatic imine (C=N–C) groups is 1. The summed E-state index contributed by atoms with van der Waals surface area (Å²) in [5, 5.41) is 7.19. The molecule has 3 N–H and O–H groups in total. The van der Waals surface area contributed by atoms with Crippen LogP contribution < -0.4 is 16.0 Å². The number of nitrogens with one attached hydrogen (secondary N) is 3. The fourth-order valence-corrected chi connectivity index (χ4v) is 1.41. The van der Waals surface area contributed by atoms with Crippen LogP contribution in [0.2, 0.25) is 0 Å². The summed E-state index contributed by atoms with van der Waals surface area (Å²) in [5.74, 6) is -0.553. The zero-order valence-corrected chi connectivity index (χ0v) is 9.37. The van der Waals surface area contributed by atoms with E-state index in [0.717, 1.165) is 0 Å². The van der Waals surface area contributed by atoms with E-state index >= 15 is 0 Å². The Kier molecular flexibility index (Phi) is 3.52. The second-order valence-electron chi connectivity index (χ2n) is 3.62. The van der Waals surface area contributed by atoms with Crippen molar-refractivity contribution in [3.8, 4) is 0 Å². The lowest BCUT2D eigenvalue weighted by Crippen LogP contribution is -2.47. The molecule has 0 bridgehead atoms. The molecule has 0 aliphatic carbocycles. The molecular formula is C11H11FN4O2. The van der Waals surface area contributed by atoms with Crippen LogP contribution in [-0.4, -0.2) is 24.4 Å². The Morgan fingerprint density at radius 2 is 2.22 bits per heavy atom. The molecular weight excluding hydrogens is 239 g/mol. The molecule has 3 amide bonds. The van der Waals surface area contributed by atoms with Crippen molar-refractivity contribution in [3.63, 3.8) is 0 Å². The van der Waals surface area contributed by atoms with Crippen LogP contribution in [0.5, 0.6) is 0 Å². The zero-order valence-electron chi connectivity index (χ0n) is 9.37. The van der Waals surface area contributed by atoms with Crippen molar-refractivity contribution in [2.45, 2.75) is 6.42 Å². The molecule has 0 fully saturated rings. The third kappa shape index (κ3) is 3.27. The minimum atomic E-state index is -0.596. The maximum Gasteiger partial charge on any atom is 0.326 e. The van der Waals surface area contributed by atoms with Gasteiger partial charge in [0.2, 0.25) is 11.9 Å². The predicted octanol–water partition coefficient (Wildman–Crippen LogP) is 0.823. The van der Waals surface area contributed by atoms with E-state index in [2.05, 4.69) is 20.9 Å². The van der Waals surface area contributed by atoms with Gasteiger partial charge in [-0.3, -0.25) is 20.4 Å². The first-order chi connectivity index (χ1) is 8.63. The highest BCUT2D eigenvalue weighted by atomic mass is 19.1. The van der Waals surface area contributed by atoms with Crippen LogP contribution >= 0.6 is 0 Å². The van der Waals surface area contributed by atoms with E-state index in [0.29, 0.717) is 18.7 Å². The number of halogens is 1. The quantitative estimate of drug-likeness (QED) is 0.689. The van der Waals surface area contributed by atoms with Gasteiger partial charge in [0.1, 0.15) is 5.82 Å². The van der Waals surface area contributed by atoms with Crippen molar-refractivity contribution in [2.24, 2.45) is 4.99 Å². The monoisotopic (exact) mass is 250 g/mol. The molecule has 1 heterocycles. The summed E-state index contributed by atoms with van der Waals surface area (Å²) in [7, 11) is 0. The highest BCUT2D eigenvalue weighted by molar-refractivity contribution is 6.08. The molecule has 0 spiro atoms. The van der Waals surface area contributed by atoms with E-state index in [1.165, 1.54) is 18.2 Å². The SMILES string of the molecule is O=C1CCN=C(NC(=O)Nc2cccc(F)c2)N1. The van der Waals surface area contributed by atoms with E-state index in [4.69, 9.17) is 0 Å². The number of guanidine groups is 1. The first-order valence-corrected chi connectivity index (χ1v) is 5.31. The molecule has 18 heavy (non-hydrogen) atoms. The molecule has 6 nitrogen and oxygen atoms in total. The summed E-state index contributed by atoms with van der Waals surface area (Å²) in [6.45, 7) is 0.335. The molecule has 0 saturated heterocycles. The maximum atomic E-state index is 12.9. The topological polar surface area (TPSA) is 82.6 Å². The number of rotatable bonds is 1. The Bertz CT molecular complexity index is 516. The van der Waals surface area contributed by atoms with Crippen LogP contribution in [0.15, 0.2) is 29.3 Å². The number of carbonyl (C=O) groups is 2. The number of anilines is 1. The summed E-state index contributed by atoms with van der Waals surface area (Å²) in [6, 6.07) is 4.88. The lowest BCUT2D eigenvalue weighted by atomic mass is 10.3. The highest BCUT2D eigenvalue weighted by Crippen LogP contribution is 2.08. The molecule has 1 aliphatic rings. The van der Waals surface area contributed by atoms with E-state index in [1.54, 1.807) is 6.07 Å². The molecule has 94 valence electrons. The van der Waals surface area contributed by atoms with Gasteiger partial charge >= 0.3 is 6.03 Å². The van der Waals surface area contributed by atoms with Crippen LogP contribution in [0.4, 0.5) is 14.9 Å². The summed E-state index contributed by atoms with van der Waals surface area (Å²) < 4.78 is 12.9. The molecule has 0 atom stereocenters. The average molecular weight is 250 g/mol. The lowest BCUT2D eigenvalue weighted by molar-refractivity contribution is -0.119. The first kappa shape index (κ1) is 12.0. The number of nitrogens with zero attached hydrogens (tertiary/aromatic N) is 1. The van der Waals surface area contributed by atoms with E-state index in [1.807, 2.05) is 0 Å². The van der Waals surface area contributed by atoms with Crippen molar-refractivity contribution in [2.75, 3.05) is 11.9 Å². The van der Waals surface area contributed by atoms with Crippen LogP contribution in [0.1, 0.15) is 6.42 Å². The molecule has 1 aliphatic heterocycles. The van der Waals surface area contributed by atoms with Crippen molar-refractivity contribution in [3.05, 3.63) is 30.1 Å². The lowest BCUT2D eigenvalue weighted by Gasteiger charge is -2.14. The number of amides is 3. The average Bonchev–Trinajstić information content (AvgIpc) is 2.28. The maximum absolute atomic E-state index is 12.9. The Morgan fingerprint density at radius 3 is 2.94 bits per heavy atom. The normalized spacial score (nSPS) is 14.5. The summed E-state index contributed by atoms with van der Waals surface area (Å²) in [6.07, 6.45) is 0.302. The number of hydrogen-bond acceptors (Lipinski definition) is 3. The molecule has 1 aromatic carbocycles.